The Kier molecular flexibility index (Phi) is 5.29. The minimum absolute atomic E-state index is 0.0988. The monoisotopic (exact) mass is 370 g/mol. The lowest BCUT2D eigenvalue weighted by Gasteiger charge is -2.44. The second-order valence-corrected chi connectivity index (χ2v) is 8.93. The molecule has 2 saturated heterocycles. The maximum Gasteiger partial charge on any atom is 0.354 e. The van der Waals surface area contributed by atoms with Crippen molar-refractivity contribution in [3.05, 3.63) is 22.6 Å². The first-order chi connectivity index (χ1) is 11.5. The van der Waals surface area contributed by atoms with Gasteiger partial charge in [-0.25, -0.2) is 4.79 Å². The van der Waals surface area contributed by atoms with Gasteiger partial charge in [0, 0.05) is 18.3 Å². The molecule has 0 radical (unpaired) electrons. The van der Waals surface area contributed by atoms with Crippen LogP contribution in [-0.4, -0.2) is 68.3 Å². The number of carboxylic acids is 1. The molecule has 2 N–H and O–H groups in total. The van der Waals surface area contributed by atoms with Gasteiger partial charge < -0.3 is 10.2 Å². The summed E-state index contributed by atoms with van der Waals surface area (Å²) in [4.78, 5) is 27.6. The molecule has 3 heterocycles. The van der Waals surface area contributed by atoms with Crippen LogP contribution >= 0.6 is 23.5 Å². The molecule has 1 amide bonds. The van der Waals surface area contributed by atoms with Crippen molar-refractivity contribution < 1.29 is 19.8 Å². The third-order valence-electron chi connectivity index (χ3n) is 4.67. The molecular weight excluding hydrogens is 348 g/mol. The highest BCUT2D eigenvalue weighted by atomic mass is 32.2. The van der Waals surface area contributed by atoms with Crippen LogP contribution in [0.4, 0.5) is 0 Å². The van der Waals surface area contributed by atoms with Crippen LogP contribution in [0.3, 0.4) is 0 Å². The first kappa shape index (κ1) is 17.8. The van der Waals surface area contributed by atoms with Crippen LogP contribution < -0.4 is 0 Å². The van der Waals surface area contributed by atoms with E-state index >= 15 is 0 Å². The smallest absolute Gasteiger partial charge is 0.354 e. The number of aliphatic hydroxyl groups excluding tert-OH is 1. The van der Waals surface area contributed by atoms with Gasteiger partial charge in [-0.3, -0.25) is 14.6 Å². The number of aliphatic carboxylic acids is 1. The Morgan fingerprint density at radius 3 is 2.96 bits per heavy atom. The topological polar surface area (TPSA) is 81.1 Å². The van der Waals surface area contributed by atoms with Crippen molar-refractivity contribution >= 4 is 35.4 Å². The Bertz CT molecular complexity index is 595. The van der Waals surface area contributed by atoms with Crippen molar-refractivity contribution in [3.63, 3.8) is 0 Å². The van der Waals surface area contributed by atoms with Crippen LogP contribution in [-0.2, 0) is 9.59 Å². The summed E-state index contributed by atoms with van der Waals surface area (Å²) in [5.41, 5.74) is 0.0988. The number of likely N-dealkylation sites (tertiary alicyclic amines) is 1. The van der Waals surface area contributed by atoms with E-state index < -0.39 is 18.0 Å². The molecule has 0 bridgehead atoms. The Morgan fingerprint density at radius 2 is 2.33 bits per heavy atom. The van der Waals surface area contributed by atoms with Gasteiger partial charge >= 0.3 is 5.97 Å². The van der Waals surface area contributed by atoms with Gasteiger partial charge in [-0.1, -0.05) is 24.8 Å². The predicted molar refractivity (Wildman–Crippen MR) is 95.3 cm³/mol. The van der Waals surface area contributed by atoms with Gasteiger partial charge in [0.1, 0.15) is 5.37 Å². The van der Waals surface area contributed by atoms with Gasteiger partial charge in [0.15, 0.2) is 5.70 Å². The van der Waals surface area contributed by atoms with Crippen LogP contribution in [0.5, 0.6) is 0 Å². The molecule has 0 aliphatic carbocycles. The number of hydrogen-bond acceptors (Lipinski definition) is 6. The number of carbonyl (C=O) groups excluding carboxylic acids is 1. The lowest BCUT2D eigenvalue weighted by atomic mass is 9.90. The fourth-order valence-electron chi connectivity index (χ4n) is 3.39. The van der Waals surface area contributed by atoms with Crippen LogP contribution in [0.1, 0.15) is 19.8 Å². The standard InChI is InChI=1S/C16H22N2O4S2/c1-3-6-17-7-5-9(8-17)23-16-12(15(21)22)18-13(20)11(10(19)4-2)14(18)24-16/h3,9-11,14,19H,1,4-8H2,2H3,(H,21,22)/t9?,10-,11+,14+/m0/s1. The van der Waals surface area contributed by atoms with Gasteiger partial charge in [0.2, 0.25) is 5.91 Å². The van der Waals surface area contributed by atoms with Crippen molar-refractivity contribution in [2.24, 2.45) is 5.92 Å². The van der Waals surface area contributed by atoms with E-state index in [1.165, 1.54) is 16.7 Å². The number of amides is 1. The van der Waals surface area contributed by atoms with E-state index in [0.717, 1.165) is 26.1 Å². The number of carbonyl (C=O) groups is 2. The largest absolute Gasteiger partial charge is 0.477 e. The van der Waals surface area contributed by atoms with Gasteiger partial charge in [-0.05, 0) is 19.4 Å². The lowest BCUT2D eigenvalue weighted by molar-refractivity contribution is -0.157. The molecule has 132 valence electrons. The molecule has 0 aromatic carbocycles. The highest BCUT2D eigenvalue weighted by molar-refractivity contribution is 8.23. The summed E-state index contributed by atoms with van der Waals surface area (Å²) in [6.45, 7) is 8.29. The fraction of sp³-hybridized carbons (Fsp3) is 0.625. The second-order valence-electron chi connectivity index (χ2n) is 6.24. The summed E-state index contributed by atoms with van der Waals surface area (Å²) in [6, 6.07) is 0. The maximum absolute atomic E-state index is 12.3. The second kappa shape index (κ2) is 7.11. The minimum atomic E-state index is -1.06. The number of aliphatic hydroxyl groups is 1. The Hall–Kier alpha value is -0.960. The van der Waals surface area contributed by atoms with E-state index in [9.17, 15) is 19.8 Å². The third-order valence-corrected chi connectivity index (χ3v) is 7.53. The van der Waals surface area contributed by atoms with Crippen molar-refractivity contribution in [2.45, 2.75) is 36.5 Å². The van der Waals surface area contributed by atoms with E-state index in [4.69, 9.17) is 0 Å². The number of rotatable bonds is 7. The molecule has 0 saturated carbocycles. The molecule has 0 spiro atoms. The molecule has 3 rings (SSSR count). The van der Waals surface area contributed by atoms with E-state index in [1.54, 1.807) is 11.8 Å². The molecule has 3 aliphatic rings. The number of hydrogen-bond donors (Lipinski definition) is 2. The summed E-state index contributed by atoms with van der Waals surface area (Å²) in [6.07, 6.45) is 2.65. The van der Waals surface area contributed by atoms with Crippen LogP contribution in [0, 0.1) is 5.92 Å². The molecule has 6 nitrogen and oxygen atoms in total. The van der Waals surface area contributed by atoms with Crippen molar-refractivity contribution in [3.8, 4) is 0 Å². The van der Waals surface area contributed by atoms with E-state index in [2.05, 4.69) is 11.5 Å². The Labute approximate surface area is 149 Å². The highest BCUT2D eigenvalue weighted by Gasteiger charge is 2.58. The Balaban J connectivity index is 1.72. The van der Waals surface area contributed by atoms with Gasteiger partial charge in [-0.15, -0.1) is 18.3 Å². The normalized spacial score (nSPS) is 31.2. The van der Waals surface area contributed by atoms with Crippen molar-refractivity contribution in [1.82, 2.24) is 9.80 Å². The van der Waals surface area contributed by atoms with Gasteiger partial charge in [0.25, 0.3) is 0 Å². The van der Waals surface area contributed by atoms with Crippen LogP contribution in [0.25, 0.3) is 0 Å². The molecule has 0 aromatic heterocycles. The quantitative estimate of drug-likeness (QED) is 0.520. The van der Waals surface area contributed by atoms with Crippen LogP contribution in [0.15, 0.2) is 22.6 Å². The summed E-state index contributed by atoms with van der Waals surface area (Å²) in [5.74, 6) is -1.82. The van der Waals surface area contributed by atoms with E-state index in [-0.39, 0.29) is 17.0 Å². The number of carboxylic acid groups (broad SMARTS) is 1. The summed E-state index contributed by atoms with van der Waals surface area (Å²) in [7, 11) is 0. The van der Waals surface area contributed by atoms with Crippen molar-refractivity contribution in [1.29, 1.82) is 0 Å². The number of nitrogens with zero attached hydrogens (tertiary/aromatic N) is 2. The summed E-state index contributed by atoms with van der Waals surface area (Å²) >= 11 is 2.98. The van der Waals surface area contributed by atoms with E-state index in [1.807, 2.05) is 13.0 Å². The van der Waals surface area contributed by atoms with E-state index in [0.29, 0.717) is 15.9 Å². The zero-order valence-electron chi connectivity index (χ0n) is 13.6. The first-order valence-corrected chi connectivity index (χ1v) is 9.89. The molecule has 0 aromatic rings. The molecule has 8 heteroatoms. The Morgan fingerprint density at radius 1 is 1.58 bits per heavy atom. The molecule has 2 fully saturated rings. The lowest BCUT2D eigenvalue weighted by Crippen LogP contribution is -2.61. The maximum atomic E-state index is 12.3. The molecule has 4 atom stereocenters. The molecule has 3 aliphatic heterocycles. The zero-order valence-corrected chi connectivity index (χ0v) is 15.2. The van der Waals surface area contributed by atoms with Crippen molar-refractivity contribution in [2.75, 3.05) is 19.6 Å². The number of fused-ring (bicyclic) bond motifs is 1. The number of thioether (sulfide) groups is 2. The average molecular weight is 370 g/mol. The molecule has 1 unspecified atom stereocenters. The predicted octanol–water partition coefficient (Wildman–Crippen LogP) is 1.54. The third kappa shape index (κ3) is 3.00. The first-order valence-electron chi connectivity index (χ1n) is 8.13. The zero-order chi connectivity index (χ0) is 17.4. The highest BCUT2D eigenvalue weighted by Crippen LogP contribution is 2.55. The summed E-state index contributed by atoms with van der Waals surface area (Å²) in [5, 5.41) is 19.6. The molecular formula is C16H22N2O4S2. The summed E-state index contributed by atoms with van der Waals surface area (Å²) < 4.78 is 0.706. The van der Waals surface area contributed by atoms with Crippen LogP contribution in [0.2, 0.25) is 0 Å². The number of β-lactam (4-membered cyclic amide) rings is 1. The molecule has 24 heavy (non-hydrogen) atoms. The van der Waals surface area contributed by atoms with Gasteiger partial charge in [-0.2, -0.15) is 0 Å². The fourth-order valence-corrected chi connectivity index (χ4v) is 6.70. The minimum Gasteiger partial charge on any atom is -0.477 e. The average Bonchev–Trinajstić information content (AvgIpc) is 3.10. The van der Waals surface area contributed by atoms with Gasteiger partial charge in [0.05, 0.1) is 16.3 Å². The SMILES string of the molecule is C=CCN1CCC(SC2=C(C(=O)O)N3C(=O)[C@@H]([C@@H](O)CC)[C@H]3S2)C1.